The van der Waals surface area contributed by atoms with Crippen LogP contribution in [0.25, 0.3) is 0 Å². The van der Waals surface area contributed by atoms with E-state index in [-0.39, 0.29) is 11.4 Å². The first-order chi connectivity index (χ1) is 6.60. The Morgan fingerprint density at radius 3 is 2.07 bits per heavy atom. The lowest BCUT2D eigenvalue weighted by Crippen LogP contribution is -2.40. The van der Waals surface area contributed by atoms with Gasteiger partial charge in [-0.05, 0) is 24.7 Å². The quantitative estimate of drug-likeness (QED) is 0.526. The second kappa shape index (κ2) is 4.82. The Bertz CT molecular complexity index is 235. The van der Waals surface area contributed by atoms with Crippen LogP contribution in [0.5, 0.6) is 0 Å². The van der Waals surface area contributed by atoms with Crippen molar-refractivity contribution in [2.45, 2.75) is 53.6 Å². The Morgan fingerprint density at radius 1 is 1.33 bits per heavy atom. The molecule has 0 aliphatic rings. The van der Waals surface area contributed by atoms with Crippen LogP contribution in [0.3, 0.4) is 0 Å². The molecule has 0 aromatic carbocycles. The molecule has 1 unspecified atom stereocenters. The van der Waals surface area contributed by atoms with Gasteiger partial charge in [0.1, 0.15) is 5.60 Å². The van der Waals surface area contributed by atoms with Crippen LogP contribution in [0.1, 0.15) is 48.0 Å². The molecule has 0 rings (SSSR count). The number of carbonyl (C=O) groups excluding carboxylic acids is 1. The topological polar surface area (TPSA) is 26.3 Å². The van der Waals surface area contributed by atoms with Gasteiger partial charge in [-0.2, -0.15) is 0 Å². The van der Waals surface area contributed by atoms with Gasteiger partial charge < -0.3 is 4.74 Å². The van der Waals surface area contributed by atoms with Crippen LogP contribution in [0, 0.1) is 11.3 Å². The van der Waals surface area contributed by atoms with Gasteiger partial charge in [-0.25, -0.2) is 4.79 Å². The van der Waals surface area contributed by atoms with Crippen LogP contribution in [-0.2, 0) is 9.53 Å². The van der Waals surface area contributed by atoms with Gasteiger partial charge >= 0.3 is 5.97 Å². The van der Waals surface area contributed by atoms with E-state index in [9.17, 15) is 4.79 Å². The first-order valence-corrected chi connectivity index (χ1v) is 5.46. The van der Waals surface area contributed by atoms with Gasteiger partial charge in [0.05, 0.1) is 0 Å². The summed E-state index contributed by atoms with van der Waals surface area (Å²) in [5.74, 6) is -0.0453. The summed E-state index contributed by atoms with van der Waals surface area (Å²) in [6, 6.07) is 0. The summed E-state index contributed by atoms with van der Waals surface area (Å²) < 4.78 is 5.47. The molecule has 15 heavy (non-hydrogen) atoms. The van der Waals surface area contributed by atoms with Crippen LogP contribution in [0.4, 0.5) is 0 Å². The fraction of sp³-hybridized carbons (Fsp3) is 0.769. The molecule has 0 heterocycles. The summed E-state index contributed by atoms with van der Waals surface area (Å²) in [6.45, 7) is 16.0. The summed E-state index contributed by atoms with van der Waals surface area (Å²) in [5, 5.41) is 0. The Labute approximate surface area is 93.7 Å². The molecule has 0 bridgehead atoms. The Morgan fingerprint density at radius 2 is 1.80 bits per heavy atom. The minimum Gasteiger partial charge on any atom is -0.456 e. The van der Waals surface area contributed by atoms with Crippen molar-refractivity contribution < 1.29 is 9.53 Å². The monoisotopic (exact) mass is 212 g/mol. The largest absolute Gasteiger partial charge is 0.456 e. The number of esters is 1. The van der Waals surface area contributed by atoms with E-state index in [0.29, 0.717) is 5.92 Å². The molecule has 1 atom stereocenters. The lowest BCUT2D eigenvalue weighted by Gasteiger charge is -2.38. The van der Waals surface area contributed by atoms with Crippen LogP contribution < -0.4 is 0 Å². The molecule has 0 aliphatic carbocycles. The maximum atomic E-state index is 11.3. The summed E-state index contributed by atoms with van der Waals surface area (Å²) in [7, 11) is 0. The van der Waals surface area contributed by atoms with Crippen LogP contribution in [0.15, 0.2) is 12.7 Å². The first kappa shape index (κ1) is 14.2. The normalized spacial score (nSPS) is 15.9. The fourth-order valence-corrected chi connectivity index (χ4v) is 1.68. The molecule has 0 aromatic heterocycles. The van der Waals surface area contributed by atoms with Crippen molar-refractivity contribution in [3.63, 3.8) is 0 Å². The van der Waals surface area contributed by atoms with Crippen molar-refractivity contribution in [3.05, 3.63) is 12.7 Å². The SMILES string of the molecule is C=CC(=O)OC(C)(CC(C)(C)C)C(C)C. The minimum atomic E-state index is -0.413. The molecule has 0 aliphatic heterocycles. The summed E-state index contributed by atoms with van der Waals surface area (Å²) in [5.41, 5.74) is -0.274. The molecule has 88 valence electrons. The summed E-state index contributed by atoms with van der Waals surface area (Å²) in [4.78, 5) is 11.3. The molecule has 0 radical (unpaired) electrons. The van der Waals surface area contributed by atoms with Gasteiger partial charge in [0.25, 0.3) is 0 Å². The Hall–Kier alpha value is -0.790. The molecule has 0 aromatic rings. The zero-order valence-corrected chi connectivity index (χ0v) is 10.9. The standard InChI is InChI=1S/C13H24O2/c1-8-11(14)15-13(7,10(2)3)9-12(4,5)6/h8,10H,1,9H2,2-7H3. The third-order valence-corrected chi connectivity index (χ3v) is 2.60. The van der Waals surface area contributed by atoms with Gasteiger partial charge in [0.2, 0.25) is 0 Å². The van der Waals surface area contributed by atoms with E-state index in [4.69, 9.17) is 4.74 Å². The van der Waals surface area contributed by atoms with E-state index in [2.05, 4.69) is 41.2 Å². The third-order valence-electron chi connectivity index (χ3n) is 2.60. The van der Waals surface area contributed by atoms with Gasteiger partial charge in [-0.1, -0.05) is 41.2 Å². The Balaban J connectivity index is 4.75. The third kappa shape index (κ3) is 5.01. The number of rotatable bonds is 4. The lowest BCUT2D eigenvalue weighted by molar-refractivity contribution is -0.160. The Kier molecular flexibility index (Phi) is 4.57. The second-order valence-electron chi connectivity index (χ2n) is 5.83. The number of ether oxygens (including phenoxy) is 1. The highest BCUT2D eigenvalue weighted by molar-refractivity contribution is 5.81. The molecule has 0 saturated carbocycles. The smallest absolute Gasteiger partial charge is 0.330 e. The maximum Gasteiger partial charge on any atom is 0.330 e. The van der Waals surface area contributed by atoms with E-state index in [0.717, 1.165) is 6.42 Å². The van der Waals surface area contributed by atoms with E-state index in [1.54, 1.807) is 0 Å². The molecular weight excluding hydrogens is 188 g/mol. The minimum absolute atomic E-state index is 0.139. The second-order valence-corrected chi connectivity index (χ2v) is 5.83. The number of hydrogen-bond donors (Lipinski definition) is 0. The van der Waals surface area contributed by atoms with Gasteiger partial charge in [0, 0.05) is 6.08 Å². The highest BCUT2D eigenvalue weighted by atomic mass is 16.6. The van der Waals surface area contributed by atoms with Crippen molar-refractivity contribution in [1.29, 1.82) is 0 Å². The van der Waals surface area contributed by atoms with Crippen molar-refractivity contribution in [2.75, 3.05) is 0 Å². The van der Waals surface area contributed by atoms with Gasteiger partial charge in [-0.3, -0.25) is 0 Å². The lowest BCUT2D eigenvalue weighted by atomic mass is 9.77. The first-order valence-electron chi connectivity index (χ1n) is 5.46. The molecule has 0 fully saturated rings. The molecule has 2 nitrogen and oxygen atoms in total. The molecule has 0 N–H and O–H groups in total. The van der Waals surface area contributed by atoms with Crippen molar-refractivity contribution in [2.24, 2.45) is 11.3 Å². The van der Waals surface area contributed by atoms with Crippen molar-refractivity contribution in [3.8, 4) is 0 Å². The average Bonchev–Trinajstić information content (AvgIpc) is 2.00. The van der Waals surface area contributed by atoms with E-state index >= 15 is 0 Å². The van der Waals surface area contributed by atoms with E-state index in [1.807, 2.05) is 6.92 Å². The molecular formula is C13H24O2. The fourth-order valence-electron chi connectivity index (χ4n) is 1.68. The van der Waals surface area contributed by atoms with E-state index < -0.39 is 5.60 Å². The highest BCUT2D eigenvalue weighted by Crippen LogP contribution is 2.35. The zero-order chi connectivity index (χ0) is 12.3. The van der Waals surface area contributed by atoms with Crippen molar-refractivity contribution >= 4 is 5.97 Å². The highest BCUT2D eigenvalue weighted by Gasteiger charge is 2.36. The summed E-state index contributed by atoms with van der Waals surface area (Å²) in [6.07, 6.45) is 2.07. The maximum absolute atomic E-state index is 11.3. The van der Waals surface area contributed by atoms with Crippen LogP contribution >= 0.6 is 0 Å². The van der Waals surface area contributed by atoms with Crippen LogP contribution in [-0.4, -0.2) is 11.6 Å². The molecule has 2 heteroatoms. The average molecular weight is 212 g/mol. The number of carbonyl (C=O) groups is 1. The van der Waals surface area contributed by atoms with Gasteiger partial charge in [-0.15, -0.1) is 0 Å². The molecule has 0 spiro atoms. The van der Waals surface area contributed by atoms with Crippen LogP contribution in [0.2, 0.25) is 0 Å². The number of hydrogen-bond acceptors (Lipinski definition) is 2. The van der Waals surface area contributed by atoms with Gasteiger partial charge in [0.15, 0.2) is 0 Å². The van der Waals surface area contributed by atoms with E-state index in [1.165, 1.54) is 6.08 Å². The molecule has 0 saturated heterocycles. The van der Waals surface area contributed by atoms with Crippen molar-refractivity contribution in [1.82, 2.24) is 0 Å². The predicted octanol–water partition coefficient (Wildman–Crippen LogP) is 3.57. The molecule has 0 amide bonds. The zero-order valence-electron chi connectivity index (χ0n) is 10.9. The predicted molar refractivity (Wildman–Crippen MR) is 63.6 cm³/mol. The summed E-state index contributed by atoms with van der Waals surface area (Å²) >= 11 is 0.